The lowest BCUT2D eigenvalue weighted by molar-refractivity contribution is 0.109. The molecule has 2 unspecified atom stereocenters. The van der Waals surface area contributed by atoms with Gasteiger partial charge in [-0.25, -0.2) is 4.39 Å². The minimum absolute atomic E-state index is 0.0941. The summed E-state index contributed by atoms with van der Waals surface area (Å²) in [6.45, 7) is 4.93. The molecule has 106 valence electrons. The van der Waals surface area contributed by atoms with Crippen LogP contribution in [0.4, 0.5) is 4.39 Å². The standard InChI is InChI=1S/C16H24FNO/c1-3-11-18-13-8-4-5-9-14(13)19-15-10-6-7-12(2)16(15)17/h6-7,10,13-14,18H,3-5,8-9,11H2,1-2H3. The van der Waals surface area contributed by atoms with Gasteiger partial charge >= 0.3 is 0 Å². The topological polar surface area (TPSA) is 21.3 Å². The highest BCUT2D eigenvalue weighted by atomic mass is 19.1. The molecule has 1 N–H and O–H groups in total. The van der Waals surface area contributed by atoms with Gasteiger partial charge in [0, 0.05) is 6.04 Å². The van der Waals surface area contributed by atoms with Crippen LogP contribution < -0.4 is 10.1 Å². The second-order valence-corrected chi connectivity index (χ2v) is 5.39. The van der Waals surface area contributed by atoms with Gasteiger partial charge in [-0.3, -0.25) is 0 Å². The van der Waals surface area contributed by atoms with Gasteiger partial charge in [0.1, 0.15) is 6.10 Å². The number of hydrogen-bond donors (Lipinski definition) is 1. The van der Waals surface area contributed by atoms with E-state index in [0.29, 0.717) is 17.4 Å². The number of nitrogens with one attached hydrogen (secondary N) is 1. The minimum Gasteiger partial charge on any atom is -0.486 e. The lowest BCUT2D eigenvalue weighted by Crippen LogP contribution is -2.45. The molecule has 0 spiro atoms. The number of rotatable bonds is 5. The summed E-state index contributed by atoms with van der Waals surface area (Å²) in [5, 5.41) is 3.53. The molecule has 1 aliphatic rings. The van der Waals surface area contributed by atoms with E-state index in [1.54, 1.807) is 19.1 Å². The zero-order chi connectivity index (χ0) is 13.7. The van der Waals surface area contributed by atoms with Crippen LogP contribution in [0, 0.1) is 12.7 Å². The normalized spacial score (nSPS) is 23.3. The van der Waals surface area contributed by atoms with Crippen molar-refractivity contribution in [3.63, 3.8) is 0 Å². The first-order chi connectivity index (χ1) is 9.22. The highest BCUT2D eigenvalue weighted by molar-refractivity contribution is 5.30. The number of halogens is 1. The number of hydrogen-bond acceptors (Lipinski definition) is 2. The maximum absolute atomic E-state index is 14.0. The third-order valence-corrected chi connectivity index (χ3v) is 3.79. The Kier molecular flexibility index (Phi) is 5.20. The monoisotopic (exact) mass is 265 g/mol. The Hall–Kier alpha value is -1.09. The second-order valence-electron chi connectivity index (χ2n) is 5.39. The van der Waals surface area contributed by atoms with Crippen LogP contribution in [0.25, 0.3) is 0 Å². The predicted octanol–water partition coefficient (Wildman–Crippen LogP) is 3.82. The van der Waals surface area contributed by atoms with Gasteiger partial charge in [-0.05, 0) is 50.8 Å². The van der Waals surface area contributed by atoms with Gasteiger partial charge in [0.05, 0.1) is 0 Å². The molecule has 2 rings (SSSR count). The molecule has 2 nitrogen and oxygen atoms in total. The molecule has 0 saturated heterocycles. The molecule has 19 heavy (non-hydrogen) atoms. The van der Waals surface area contributed by atoms with Gasteiger partial charge in [-0.1, -0.05) is 25.5 Å². The fraction of sp³-hybridized carbons (Fsp3) is 0.625. The largest absolute Gasteiger partial charge is 0.486 e. The molecule has 1 fully saturated rings. The zero-order valence-corrected chi connectivity index (χ0v) is 11.9. The second kappa shape index (κ2) is 6.90. The fourth-order valence-electron chi connectivity index (χ4n) is 2.68. The van der Waals surface area contributed by atoms with E-state index in [-0.39, 0.29) is 11.9 Å². The molecule has 2 atom stereocenters. The van der Waals surface area contributed by atoms with E-state index in [0.717, 1.165) is 25.8 Å². The Balaban J connectivity index is 2.04. The molecule has 1 aliphatic carbocycles. The van der Waals surface area contributed by atoms with E-state index in [1.807, 2.05) is 6.07 Å². The van der Waals surface area contributed by atoms with Crippen molar-refractivity contribution >= 4 is 0 Å². The van der Waals surface area contributed by atoms with E-state index >= 15 is 0 Å². The van der Waals surface area contributed by atoms with Gasteiger partial charge in [0.15, 0.2) is 11.6 Å². The van der Waals surface area contributed by atoms with Crippen molar-refractivity contribution in [1.29, 1.82) is 0 Å². The summed E-state index contributed by atoms with van der Waals surface area (Å²) in [6, 6.07) is 5.71. The molecule has 3 heteroatoms. The van der Waals surface area contributed by atoms with Crippen molar-refractivity contribution in [1.82, 2.24) is 5.32 Å². The Morgan fingerprint density at radius 2 is 2.11 bits per heavy atom. The van der Waals surface area contributed by atoms with Gasteiger partial charge < -0.3 is 10.1 Å². The fourth-order valence-corrected chi connectivity index (χ4v) is 2.68. The summed E-state index contributed by atoms with van der Waals surface area (Å²) in [7, 11) is 0. The molecule has 0 heterocycles. The molecule has 0 aromatic heterocycles. The SMILES string of the molecule is CCCNC1CCCCC1Oc1cccc(C)c1F. The van der Waals surface area contributed by atoms with Crippen LogP contribution >= 0.6 is 0 Å². The van der Waals surface area contributed by atoms with Crippen molar-refractivity contribution in [2.75, 3.05) is 6.54 Å². The maximum Gasteiger partial charge on any atom is 0.167 e. The summed E-state index contributed by atoms with van der Waals surface area (Å²) < 4.78 is 19.9. The van der Waals surface area contributed by atoms with Crippen LogP contribution in [-0.2, 0) is 0 Å². The number of ether oxygens (including phenoxy) is 1. The Morgan fingerprint density at radius 3 is 2.89 bits per heavy atom. The van der Waals surface area contributed by atoms with Crippen LogP contribution in [0.15, 0.2) is 18.2 Å². The van der Waals surface area contributed by atoms with Crippen molar-refractivity contribution in [3.8, 4) is 5.75 Å². The predicted molar refractivity (Wildman–Crippen MR) is 76.1 cm³/mol. The van der Waals surface area contributed by atoms with Crippen molar-refractivity contribution in [2.45, 2.75) is 58.1 Å². The quantitative estimate of drug-likeness (QED) is 0.873. The van der Waals surface area contributed by atoms with Crippen molar-refractivity contribution in [3.05, 3.63) is 29.6 Å². The van der Waals surface area contributed by atoms with Crippen molar-refractivity contribution in [2.24, 2.45) is 0 Å². The Labute approximate surface area is 115 Å². The maximum atomic E-state index is 14.0. The Morgan fingerprint density at radius 1 is 1.32 bits per heavy atom. The average molecular weight is 265 g/mol. The lowest BCUT2D eigenvalue weighted by Gasteiger charge is -2.32. The van der Waals surface area contributed by atoms with Gasteiger partial charge in [-0.2, -0.15) is 0 Å². The molecule has 0 aliphatic heterocycles. The molecular formula is C16H24FNO. The number of benzene rings is 1. The van der Waals surface area contributed by atoms with Crippen LogP contribution in [0.5, 0.6) is 5.75 Å². The zero-order valence-electron chi connectivity index (χ0n) is 11.9. The third kappa shape index (κ3) is 3.69. The lowest BCUT2D eigenvalue weighted by atomic mass is 9.92. The minimum atomic E-state index is -0.220. The van der Waals surface area contributed by atoms with Gasteiger partial charge in [0.2, 0.25) is 0 Å². The molecule has 0 amide bonds. The molecule has 1 aromatic carbocycles. The average Bonchev–Trinajstić information content (AvgIpc) is 2.43. The first kappa shape index (κ1) is 14.3. The van der Waals surface area contributed by atoms with Crippen LogP contribution in [0.1, 0.15) is 44.6 Å². The van der Waals surface area contributed by atoms with E-state index in [2.05, 4.69) is 12.2 Å². The highest BCUT2D eigenvalue weighted by Gasteiger charge is 2.27. The molecule has 0 bridgehead atoms. The van der Waals surface area contributed by atoms with Gasteiger partial charge in [-0.15, -0.1) is 0 Å². The van der Waals surface area contributed by atoms with Crippen molar-refractivity contribution < 1.29 is 9.13 Å². The number of aryl methyl sites for hydroxylation is 1. The summed E-state index contributed by atoms with van der Waals surface area (Å²) >= 11 is 0. The van der Waals surface area contributed by atoms with E-state index < -0.39 is 0 Å². The summed E-state index contributed by atoms with van der Waals surface area (Å²) in [5.41, 5.74) is 0.645. The molecular weight excluding hydrogens is 241 g/mol. The highest BCUT2D eigenvalue weighted by Crippen LogP contribution is 2.27. The Bertz CT molecular complexity index is 408. The van der Waals surface area contributed by atoms with Gasteiger partial charge in [0.25, 0.3) is 0 Å². The van der Waals surface area contributed by atoms with Crippen LogP contribution in [0.3, 0.4) is 0 Å². The summed E-state index contributed by atoms with van der Waals surface area (Å²) in [6.07, 6.45) is 5.74. The van der Waals surface area contributed by atoms with E-state index in [9.17, 15) is 4.39 Å². The first-order valence-electron chi connectivity index (χ1n) is 7.37. The molecule has 1 aromatic rings. The smallest absolute Gasteiger partial charge is 0.167 e. The van der Waals surface area contributed by atoms with Crippen LogP contribution in [-0.4, -0.2) is 18.7 Å². The summed E-state index contributed by atoms with van der Waals surface area (Å²) in [5.74, 6) is 0.178. The van der Waals surface area contributed by atoms with E-state index in [4.69, 9.17) is 4.74 Å². The first-order valence-corrected chi connectivity index (χ1v) is 7.37. The van der Waals surface area contributed by atoms with E-state index in [1.165, 1.54) is 12.8 Å². The third-order valence-electron chi connectivity index (χ3n) is 3.79. The van der Waals surface area contributed by atoms with Crippen LogP contribution in [0.2, 0.25) is 0 Å². The molecule has 1 saturated carbocycles. The summed E-state index contributed by atoms with van der Waals surface area (Å²) in [4.78, 5) is 0. The molecule has 0 radical (unpaired) electrons.